The molecule has 0 bridgehead atoms. The van der Waals surface area contributed by atoms with Crippen molar-refractivity contribution >= 4 is 0 Å². The van der Waals surface area contributed by atoms with E-state index in [1.165, 1.54) is 0 Å². The minimum atomic E-state index is -1.25. The Kier molecular flexibility index (Phi) is 9.87. The Balaban J connectivity index is 0.00000181. The van der Waals surface area contributed by atoms with E-state index >= 15 is 0 Å². The lowest BCUT2D eigenvalue weighted by atomic mass is 9.96. The summed E-state index contributed by atoms with van der Waals surface area (Å²) in [6, 6.07) is 15.8. The average Bonchev–Trinajstić information content (AvgIpc) is 2.66. The van der Waals surface area contributed by atoms with Crippen LogP contribution in [0.2, 0.25) is 0 Å². The van der Waals surface area contributed by atoms with E-state index in [1.807, 2.05) is 48.5 Å². The van der Waals surface area contributed by atoms with Crippen molar-refractivity contribution in [3.05, 3.63) is 59.7 Å². The second kappa shape index (κ2) is 10.8. The van der Waals surface area contributed by atoms with Crippen molar-refractivity contribution in [3.8, 4) is 11.1 Å². The Bertz CT molecular complexity index is 833. The highest BCUT2D eigenvalue weighted by molar-refractivity contribution is 5.64. The zero-order valence-corrected chi connectivity index (χ0v) is 22.9. The van der Waals surface area contributed by atoms with Crippen LogP contribution in [0.25, 0.3) is 11.1 Å². The van der Waals surface area contributed by atoms with Crippen LogP contribution in [0, 0.1) is 0 Å². The molecule has 2 saturated heterocycles. The topological polar surface area (TPSA) is 90.4 Å². The molecule has 0 amide bonds. The third kappa shape index (κ3) is 6.62. The van der Waals surface area contributed by atoms with Crippen molar-refractivity contribution in [2.24, 2.45) is 0 Å². The van der Waals surface area contributed by atoms with Gasteiger partial charge in [-0.15, -0.1) is 0 Å². The molecule has 0 aromatic heterocycles. The van der Waals surface area contributed by atoms with Gasteiger partial charge in [0.2, 0.25) is 11.6 Å². The molecule has 186 valence electrons. The lowest BCUT2D eigenvalue weighted by Crippen LogP contribution is -3.00. The van der Waals surface area contributed by atoms with Crippen LogP contribution in [-0.4, -0.2) is 92.2 Å². The first-order valence-corrected chi connectivity index (χ1v) is 10.6. The van der Waals surface area contributed by atoms with Gasteiger partial charge < -0.3 is 68.1 Å². The summed E-state index contributed by atoms with van der Waals surface area (Å²) in [6.07, 6.45) is 0. The van der Waals surface area contributed by atoms with Crippen molar-refractivity contribution in [3.63, 3.8) is 0 Å². The summed E-state index contributed by atoms with van der Waals surface area (Å²) in [5.41, 5.74) is 3.65. The molecule has 2 aliphatic rings. The van der Waals surface area contributed by atoms with Crippen molar-refractivity contribution in [2.45, 2.75) is 11.6 Å². The maximum absolute atomic E-state index is 11.0. The quantitative estimate of drug-likeness (QED) is 0.350. The molecule has 7 nitrogen and oxygen atoms in total. The standard InChI is InChI=1S/C24H34N2O4.2BrH.H2O/c1-25(2)13-15-29-23(27,17-25)21-9-5-19(6-10-21)20-7-11-22(12-8-20)24(28)18-26(3,4)14-16-30-24;;;/h5-12,27-28H,13-18H2,1-4H3;2*1H;1H2/q+2;;;/p-2. The average molecular weight is 592 g/mol. The number of likely N-dealkylation sites (N-methyl/N-ethyl adjacent to an activating group) is 2. The molecule has 4 N–H and O–H groups in total. The molecule has 0 radical (unpaired) electrons. The zero-order valence-electron chi connectivity index (χ0n) is 19.7. The Morgan fingerprint density at radius 1 is 0.636 bits per heavy atom. The highest BCUT2D eigenvalue weighted by Gasteiger charge is 2.43. The van der Waals surface area contributed by atoms with E-state index in [9.17, 15) is 10.2 Å². The van der Waals surface area contributed by atoms with Gasteiger partial charge in [-0.1, -0.05) is 48.5 Å². The van der Waals surface area contributed by atoms with Gasteiger partial charge in [0, 0.05) is 11.1 Å². The van der Waals surface area contributed by atoms with Gasteiger partial charge in [-0.25, -0.2) is 0 Å². The van der Waals surface area contributed by atoms with Crippen LogP contribution in [0.3, 0.4) is 0 Å². The van der Waals surface area contributed by atoms with E-state index in [4.69, 9.17) is 9.47 Å². The second-order valence-electron chi connectivity index (χ2n) is 10.1. The van der Waals surface area contributed by atoms with Gasteiger partial charge in [-0.05, 0) is 11.1 Å². The molecule has 4 rings (SSSR count). The van der Waals surface area contributed by atoms with Crippen molar-refractivity contribution < 1.29 is 68.1 Å². The minimum absolute atomic E-state index is 0. The number of benzene rings is 2. The van der Waals surface area contributed by atoms with E-state index in [-0.39, 0.29) is 39.4 Å². The van der Waals surface area contributed by atoms with E-state index in [0.29, 0.717) is 26.3 Å². The van der Waals surface area contributed by atoms with Crippen LogP contribution in [0.5, 0.6) is 0 Å². The molecule has 0 saturated carbocycles. The van der Waals surface area contributed by atoms with Crippen LogP contribution in [0.15, 0.2) is 48.5 Å². The van der Waals surface area contributed by atoms with Crippen LogP contribution >= 0.6 is 0 Å². The smallest absolute Gasteiger partial charge is 0.243 e. The number of hydrogen-bond acceptors (Lipinski definition) is 4. The van der Waals surface area contributed by atoms with Crippen LogP contribution in [-0.2, 0) is 21.0 Å². The summed E-state index contributed by atoms with van der Waals surface area (Å²) in [5, 5.41) is 22.0. The molecular weight excluding hydrogens is 556 g/mol. The lowest BCUT2D eigenvalue weighted by Gasteiger charge is -2.42. The van der Waals surface area contributed by atoms with Gasteiger partial charge in [0.25, 0.3) is 0 Å². The van der Waals surface area contributed by atoms with Gasteiger partial charge in [-0.3, -0.25) is 0 Å². The first kappa shape index (κ1) is 30.2. The number of morpholine rings is 2. The van der Waals surface area contributed by atoms with Crippen LogP contribution in [0.1, 0.15) is 11.1 Å². The molecule has 0 aliphatic carbocycles. The van der Waals surface area contributed by atoms with Gasteiger partial charge >= 0.3 is 0 Å². The Morgan fingerprint density at radius 2 is 0.939 bits per heavy atom. The van der Waals surface area contributed by atoms with E-state index in [0.717, 1.165) is 44.3 Å². The first-order chi connectivity index (χ1) is 14.0. The third-order valence-electron chi connectivity index (χ3n) is 6.36. The lowest BCUT2D eigenvalue weighted by molar-refractivity contribution is -0.912. The van der Waals surface area contributed by atoms with Crippen molar-refractivity contribution in [1.82, 2.24) is 0 Å². The molecule has 0 spiro atoms. The molecule has 2 aromatic rings. The number of nitrogens with zero attached hydrogens (tertiary/aromatic N) is 2. The summed E-state index contributed by atoms with van der Waals surface area (Å²) >= 11 is 0. The third-order valence-corrected chi connectivity index (χ3v) is 6.36. The largest absolute Gasteiger partial charge is 1.00 e. The number of ether oxygens (including phenoxy) is 2. The Morgan fingerprint density at radius 3 is 1.21 bits per heavy atom. The van der Waals surface area contributed by atoms with Crippen LogP contribution in [0.4, 0.5) is 0 Å². The minimum Gasteiger partial charge on any atom is -1.00 e. The number of hydrogen-bond donors (Lipinski definition) is 2. The normalized spacial score (nSPS) is 27.9. The zero-order chi connectivity index (χ0) is 21.6. The van der Waals surface area contributed by atoms with Gasteiger partial charge in [0.15, 0.2) is 0 Å². The molecule has 9 heteroatoms. The first-order valence-electron chi connectivity index (χ1n) is 10.6. The predicted molar refractivity (Wildman–Crippen MR) is 119 cm³/mol. The molecule has 2 atom stereocenters. The maximum atomic E-state index is 11.0. The molecule has 2 unspecified atom stereocenters. The maximum Gasteiger partial charge on any atom is 0.243 e. The SMILES string of the molecule is C[N+]1(C)CCOC(O)(c2ccc(-c3ccc(C4(O)C[N+](C)(C)CCO4)cc3)cc2)C1.O.[Br-].[Br-]. The van der Waals surface area contributed by atoms with Crippen LogP contribution < -0.4 is 34.0 Å². The molecule has 33 heavy (non-hydrogen) atoms. The molecule has 2 heterocycles. The van der Waals surface area contributed by atoms with Crippen molar-refractivity contribution in [1.29, 1.82) is 0 Å². The molecule has 2 fully saturated rings. The number of aliphatic hydroxyl groups is 2. The highest BCUT2D eigenvalue weighted by Crippen LogP contribution is 2.33. The summed E-state index contributed by atoms with van der Waals surface area (Å²) in [6.45, 7) is 3.89. The van der Waals surface area contributed by atoms with Gasteiger partial charge in [0.1, 0.15) is 26.2 Å². The fraction of sp³-hybridized carbons (Fsp3) is 0.500. The number of quaternary nitrogens is 2. The van der Waals surface area contributed by atoms with Gasteiger partial charge in [-0.2, -0.15) is 0 Å². The Hall–Kier alpha value is -0.880. The summed E-state index contributed by atoms with van der Waals surface area (Å²) in [7, 11) is 8.42. The number of halogens is 2. The molecule has 2 aromatic carbocycles. The predicted octanol–water partition coefficient (Wildman–Crippen LogP) is -4.96. The Labute approximate surface area is 217 Å². The second-order valence-corrected chi connectivity index (χ2v) is 10.1. The van der Waals surface area contributed by atoms with E-state index in [1.54, 1.807) is 0 Å². The van der Waals surface area contributed by atoms with Gasteiger partial charge in [0.05, 0.1) is 41.4 Å². The molecular formula is C24H36Br2N2O5. The van der Waals surface area contributed by atoms with E-state index < -0.39 is 11.6 Å². The summed E-state index contributed by atoms with van der Waals surface area (Å²) < 4.78 is 12.9. The monoisotopic (exact) mass is 590 g/mol. The fourth-order valence-corrected chi connectivity index (χ4v) is 4.53. The van der Waals surface area contributed by atoms with Crippen molar-refractivity contribution in [2.75, 3.05) is 67.6 Å². The van der Waals surface area contributed by atoms with E-state index in [2.05, 4.69) is 28.2 Å². The summed E-state index contributed by atoms with van der Waals surface area (Å²) in [4.78, 5) is 0. The molecule has 2 aliphatic heterocycles. The fourth-order valence-electron chi connectivity index (χ4n) is 4.53. The number of rotatable bonds is 3. The summed E-state index contributed by atoms with van der Waals surface area (Å²) in [5.74, 6) is -2.51. The highest BCUT2D eigenvalue weighted by atomic mass is 79.9.